The molecule has 1 saturated heterocycles. The summed E-state index contributed by atoms with van der Waals surface area (Å²) in [5.41, 5.74) is 1.70. The van der Waals surface area contributed by atoms with Crippen LogP contribution in [0.2, 0.25) is 0 Å². The zero-order valence-corrected chi connectivity index (χ0v) is 20.3. The molecule has 3 heterocycles. The van der Waals surface area contributed by atoms with Crippen LogP contribution in [0.15, 0.2) is 71.2 Å². The van der Waals surface area contributed by atoms with Crippen LogP contribution in [0, 0.1) is 5.92 Å². The minimum Gasteiger partial charge on any atom is -0.497 e. The molecule has 3 aliphatic heterocycles. The first-order chi connectivity index (χ1) is 16.4. The van der Waals surface area contributed by atoms with Gasteiger partial charge in [0.05, 0.1) is 31.0 Å². The van der Waals surface area contributed by atoms with Gasteiger partial charge in [0.15, 0.2) is 0 Å². The lowest BCUT2D eigenvalue weighted by Crippen LogP contribution is -2.54. The van der Waals surface area contributed by atoms with Crippen LogP contribution in [0.5, 0.6) is 11.5 Å². The van der Waals surface area contributed by atoms with Crippen molar-refractivity contribution in [3.63, 3.8) is 0 Å². The number of halogens is 1. The van der Waals surface area contributed by atoms with E-state index in [4.69, 9.17) is 9.47 Å². The van der Waals surface area contributed by atoms with Crippen molar-refractivity contribution in [3.05, 3.63) is 87.9 Å². The van der Waals surface area contributed by atoms with Gasteiger partial charge in [0.1, 0.15) is 17.0 Å². The molecule has 1 N–H and O–H groups in total. The molecule has 6 nitrogen and oxygen atoms in total. The Labute approximate surface area is 206 Å². The molecule has 0 radical (unpaired) electrons. The molecule has 3 aromatic rings. The highest BCUT2D eigenvalue weighted by molar-refractivity contribution is 9.10. The number of carbonyl (C=O) groups excluding carboxylic acids is 2. The molecule has 172 valence electrons. The maximum Gasteiger partial charge on any atom is 0.257 e. The maximum absolute atomic E-state index is 14.3. The van der Waals surface area contributed by atoms with Crippen molar-refractivity contribution in [1.29, 1.82) is 0 Å². The zero-order valence-electron chi connectivity index (χ0n) is 18.7. The standard InChI is InChI=1S/C27H23BrN2O4/c1-27-23(15-6-4-3-5-7-15)20-14-34-22-11-8-16(28)12-19(22)24(20)30(27)25(31)18-13-17(33-2)9-10-21(18)29-26(27)32/h3-13,20,23-24H,14H2,1-2H3,(H,29,32)/t20-,23+,24+,27-/m1/s1. The van der Waals surface area contributed by atoms with Gasteiger partial charge >= 0.3 is 0 Å². The predicted octanol–water partition coefficient (Wildman–Crippen LogP) is 5.16. The first kappa shape index (κ1) is 21.2. The topological polar surface area (TPSA) is 67.9 Å². The number of nitrogens with one attached hydrogen (secondary N) is 1. The minimum atomic E-state index is -1.13. The van der Waals surface area contributed by atoms with Crippen LogP contribution in [0.25, 0.3) is 0 Å². The van der Waals surface area contributed by atoms with Crippen molar-refractivity contribution in [3.8, 4) is 11.5 Å². The quantitative estimate of drug-likeness (QED) is 0.508. The molecule has 4 atom stereocenters. The van der Waals surface area contributed by atoms with E-state index in [1.807, 2.05) is 55.5 Å². The normalized spacial score (nSPS) is 26.9. The summed E-state index contributed by atoms with van der Waals surface area (Å²) in [5.74, 6) is 0.543. The summed E-state index contributed by atoms with van der Waals surface area (Å²) in [6, 6.07) is 20.7. The molecule has 0 bridgehead atoms. The van der Waals surface area contributed by atoms with Crippen molar-refractivity contribution in [2.24, 2.45) is 5.92 Å². The Hall–Kier alpha value is -3.32. The van der Waals surface area contributed by atoms with Crippen molar-refractivity contribution in [2.45, 2.75) is 24.4 Å². The van der Waals surface area contributed by atoms with Gasteiger partial charge in [0.25, 0.3) is 11.8 Å². The first-order valence-electron chi connectivity index (χ1n) is 11.2. The molecule has 2 amide bonds. The lowest BCUT2D eigenvalue weighted by atomic mass is 9.73. The van der Waals surface area contributed by atoms with Crippen LogP contribution in [0.1, 0.15) is 40.4 Å². The summed E-state index contributed by atoms with van der Waals surface area (Å²) >= 11 is 3.58. The smallest absolute Gasteiger partial charge is 0.257 e. The Kier molecular flexibility index (Phi) is 4.74. The fourth-order valence-corrected chi connectivity index (χ4v) is 6.37. The molecular formula is C27H23BrN2O4. The Morgan fingerprint density at radius 1 is 1.09 bits per heavy atom. The summed E-state index contributed by atoms with van der Waals surface area (Å²) in [6.07, 6.45) is 0. The van der Waals surface area contributed by atoms with E-state index < -0.39 is 5.54 Å². The van der Waals surface area contributed by atoms with E-state index in [1.54, 1.807) is 30.2 Å². The van der Waals surface area contributed by atoms with Crippen LogP contribution in [-0.2, 0) is 4.79 Å². The second kappa shape index (κ2) is 7.60. The van der Waals surface area contributed by atoms with Crippen molar-refractivity contribution >= 4 is 33.4 Å². The molecule has 3 aromatic carbocycles. The van der Waals surface area contributed by atoms with E-state index in [0.29, 0.717) is 23.6 Å². The van der Waals surface area contributed by atoms with Crippen LogP contribution in [0.3, 0.4) is 0 Å². The number of fused-ring (bicyclic) bond motifs is 6. The fraction of sp³-hybridized carbons (Fsp3) is 0.259. The molecule has 1 fully saturated rings. The van der Waals surface area contributed by atoms with E-state index in [9.17, 15) is 9.59 Å². The number of amides is 2. The molecule has 0 unspecified atom stereocenters. The van der Waals surface area contributed by atoms with E-state index in [2.05, 4.69) is 21.2 Å². The lowest BCUT2D eigenvalue weighted by molar-refractivity contribution is -0.125. The van der Waals surface area contributed by atoms with Crippen molar-refractivity contribution in [2.75, 3.05) is 19.0 Å². The number of anilines is 1. The Morgan fingerprint density at radius 2 is 1.88 bits per heavy atom. The van der Waals surface area contributed by atoms with Crippen molar-refractivity contribution < 1.29 is 19.1 Å². The SMILES string of the molecule is COc1ccc2c(c1)C(=O)N1[C@H]3c4cc(Br)ccc4OC[C@@H]3[C@H](c3ccccc3)[C@]1(C)C(=O)N2. The van der Waals surface area contributed by atoms with Gasteiger partial charge < -0.3 is 19.7 Å². The molecule has 3 aliphatic rings. The number of benzene rings is 3. The third-order valence-corrected chi connectivity index (χ3v) is 7.98. The highest BCUT2D eigenvalue weighted by Gasteiger charge is 2.65. The number of rotatable bonds is 2. The largest absolute Gasteiger partial charge is 0.497 e. The Balaban J connectivity index is 1.62. The zero-order chi connectivity index (χ0) is 23.6. The number of hydrogen-bond acceptors (Lipinski definition) is 4. The highest BCUT2D eigenvalue weighted by atomic mass is 79.9. The molecule has 0 aliphatic carbocycles. The molecule has 34 heavy (non-hydrogen) atoms. The fourth-order valence-electron chi connectivity index (χ4n) is 5.99. The summed E-state index contributed by atoms with van der Waals surface area (Å²) in [5, 5.41) is 3.05. The summed E-state index contributed by atoms with van der Waals surface area (Å²) in [4.78, 5) is 30.1. The summed E-state index contributed by atoms with van der Waals surface area (Å²) in [7, 11) is 1.56. The molecule has 0 saturated carbocycles. The van der Waals surface area contributed by atoms with E-state index in [-0.39, 0.29) is 29.7 Å². The van der Waals surface area contributed by atoms with Gasteiger partial charge in [0.2, 0.25) is 0 Å². The van der Waals surface area contributed by atoms with Crippen molar-refractivity contribution in [1.82, 2.24) is 4.90 Å². The van der Waals surface area contributed by atoms with Crippen LogP contribution in [0.4, 0.5) is 5.69 Å². The summed E-state index contributed by atoms with van der Waals surface area (Å²) < 4.78 is 12.5. The van der Waals surface area contributed by atoms with Gasteiger partial charge in [-0.05, 0) is 48.9 Å². The lowest BCUT2D eigenvalue weighted by Gasteiger charge is -2.38. The number of carbonyl (C=O) groups is 2. The average molecular weight is 519 g/mol. The van der Waals surface area contributed by atoms with E-state index in [1.165, 1.54) is 0 Å². The van der Waals surface area contributed by atoms with Crippen LogP contribution in [-0.4, -0.2) is 36.0 Å². The molecule has 0 spiro atoms. The van der Waals surface area contributed by atoms with Crippen LogP contribution >= 0.6 is 15.9 Å². The van der Waals surface area contributed by atoms with Gasteiger partial charge in [-0.3, -0.25) is 9.59 Å². The van der Waals surface area contributed by atoms with Gasteiger partial charge in [0, 0.05) is 21.9 Å². The van der Waals surface area contributed by atoms with Crippen LogP contribution < -0.4 is 14.8 Å². The second-order valence-corrected chi connectivity index (χ2v) is 10.1. The van der Waals surface area contributed by atoms with Gasteiger partial charge in [-0.1, -0.05) is 46.3 Å². The number of ether oxygens (including phenoxy) is 2. The second-order valence-electron chi connectivity index (χ2n) is 9.18. The predicted molar refractivity (Wildman–Crippen MR) is 131 cm³/mol. The average Bonchev–Trinajstić information content (AvgIpc) is 3.10. The third kappa shape index (κ3) is 2.86. The number of hydrogen-bond donors (Lipinski definition) is 1. The van der Waals surface area contributed by atoms with Gasteiger partial charge in [-0.25, -0.2) is 0 Å². The summed E-state index contributed by atoms with van der Waals surface area (Å²) in [6.45, 7) is 2.30. The van der Waals surface area contributed by atoms with E-state index >= 15 is 0 Å². The monoisotopic (exact) mass is 518 g/mol. The first-order valence-corrected chi connectivity index (χ1v) is 12.0. The maximum atomic E-state index is 14.3. The van der Waals surface area contributed by atoms with Gasteiger partial charge in [-0.2, -0.15) is 0 Å². The van der Waals surface area contributed by atoms with Gasteiger partial charge in [-0.15, -0.1) is 0 Å². The number of methoxy groups -OCH3 is 1. The third-order valence-electron chi connectivity index (χ3n) is 7.48. The molecule has 0 aromatic heterocycles. The number of nitrogens with zero attached hydrogens (tertiary/aromatic N) is 1. The molecule has 6 rings (SSSR count). The minimum absolute atomic E-state index is 0.101. The highest BCUT2D eigenvalue weighted by Crippen LogP contribution is 2.60. The molecule has 7 heteroatoms. The molecular weight excluding hydrogens is 496 g/mol. The Morgan fingerprint density at radius 3 is 2.65 bits per heavy atom. The van der Waals surface area contributed by atoms with E-state index in [0.717, 1.165) is 21.3 Å². The Bertz CT molecular complexity index is 1330.